The third kappa shape index (κ3) is 2.76. The lowest BCUT2D eigenvalue weighted by molar-refractivity contribution is -0.385. The maximum Gasteiger partial charge on any atom is 0.269 e. The van der Waals surface area contributed by atoms with E-state index in [2.05, 4.69) is 5.32 Å². The Kier molecular flexibility index (Phi) is 4.27. The van der Waals surface area contributed by atoms with E-state index in [-0.39, 0.29) is 17.8 Å². The number of carbonyl (C=O) groups excluding carboxylic acids is 1. The summed E-state index contributed by atoms with van der Waals surface area (Å²) in [5.41, 5.74) is 0.191. The number of nitro benzene ring substituents is 1. The minimum Gasteiger partial charge on any atom is -0.321 e. The zero-order valence-corrected chi connectivity index (χ0v) is 12.6. The van der Waals surface area contributed by atoms with Crippen LogP contribution in [0.25, 0.3) is 0 Å². The van der Waals surface area contributed by atoms with Crippen molar-refractivity contribution in [2.45, 2.75) is 45.3 Å². The quantitative estimate of drug-likeness (QED) is 0.668. The van der Waals surface area contributed by atoms with Gasteiger partial charge in [-0.3, -0.25) is 20.2 Å². The van der Waals surface area contributed by atoms with E-state index < -0.39 is 10.5 Å². The summed E-state index contributed by atoms with van der Waals surface area (Å²) in [7, 11) is 0. The Bertz CT molecular complexity index is 561. The van der Waals surface area contributed by atoms with Crippen LogP contribution in [0.3, 0.4) is 0 Å². The van der Waals surface area contributed by atoms with Crippen LogP contribution < -0.4 is 5.32 Å². The highest BCUT2D eigenvalue weighted by Gasteiger charge is 2.46. The number of hydrogen-bond donors (Lipinski definition) is 1. The number of benzene rings is 1. The third-order valence-electron chi connectivity index (χ3n) is 4.07. The molecular formula is C15H21N3O3. The predicted molar refractivity (Wildman–Crippen MR) is 79.7 cm³/mol. The predicted octanol–water partition coefficient (Wildman–Crippen LogP) is 2.60. The van der Waals surface area contributed by atoms with Gasteiger partial charge in [-0.15, -0.1) is 0 Å². The van der Waals surface area contributed by atoms with Gasteiger partial charge in [0.25, 0.3) is 5.69 Å². The van der Waals surface area contributed by atoms with E-state index in [0.29, 0.717) is 13.0 Å². The normalized spacial score (nSPS) is 25.4. The highest BCUT2D eigenvalue weighted by Crippen LogP contribution is 2.33. The van der Waals surface area contributed by atoms with Gasteiger partial charge < -0.3 is 4.90 Å². The maximum atomic E-state index is 12.6. The monoisotopic (exact) mass is 291 g/mol. The number of carbonyl (C=O) groups is 1. The lowest BCUT2D eigenvalue weighted by Gasteiger charge is -2.23. The smallest absolute Gasteiger partial charge is 0.269 e. The summed E-state index contributed by atoms with van der Waals surface area (Å²) in [6, 6.07) is 6.48. The second-order valence-corrected chi connectivity index (χ2v) is 5.58. The van der Waals surface area contributed by atoms with Gasteiger partial charge >= 0.3 is 0 Å². The minimum atomic E-state index is -0.607. The van der Waals surface area contributed by atoms with E-state index in [4.69, 9.17) is 0 Å². The molecule has 0 saturated carbocycles. The fraction of sp³-hybridized carbons (Fsp3) is 0.533. The van der Waals surface area contributed by atoms with Crippen LogP contribution in [0.2, 0.25) is 0 Å². The van der Waals surface area contributed by atoms with Crippen LogP contribution in [0.15, 0.2) is 24.3 Å². The molecule has 1 heterocycles. The molecule has 1 aliphatic rings. The average molecular weight is 291 g/mol. The Morgan fingerprint density at radius 1 is 1.43 bits per heavy atom. The topological polar surface area (TPSA) is 75.5 Å². The van der Waals surface area contributed by atoms with Gasteiger partial charge in [-0.2, -0.15) is 0 Å². The Labute approximate surface area is 124 Å². The molecule has 2 atom stereocenters. The molecule has 1 amide bonds. The van der Waals surface area contributed by atoms with Crippen LogP contribution >= 0.6 is 0 Å². The third-order valence-corrected chi connectivity index (χ3v) is 4.07. The molecule has 1 aliphatic heterocycles. The van der Waals surface area contributed by atoms with Crippen LogP contribution in [0, 0.1) is 10.1 Å². The van der Waals surface area contributed by atoms with Crippen molar-refractivity contribution in [3.8, 4) is 0 Å². The molecular weight excluding hydrogens is 270 g/mol. The van der Waals surface area contributed by atoms with Crippen LogP contribution in [0.5, 0.6) is 0 Å². The number of nitro groups is 1. The van der Waals surface area contributed by atoms with Crippen molar-refractivity contribution in [2.75, 3.05) is 6.54 Å². The van der Waals surface area contributed by atoms with Crippen molar-refractivity contribution < 1.29 is 9.72 Å². The summed E-state index contributed by atoms with van der Waals surface area (Å²) in [6.07, 6.45) is 1.22. The summed E-state index contributed by atoms with van der Waals surface area (Å²) < 4.78 is 0. The Morgan fingerprint density at radius 3 is 2.71 bits per heavy atom. The first-order chi connectivity index (χ1) is 9.92. The number of nitrogens with one attached hydrogen (secondary N) is 1. The van der Waals surface area contributed by atoms with Crippen molar-refractivity contribution in [3.63, 3.8) is 0 Å². The molecule has 0 aliphatic carbocycles. The largest absolute Gasteiger partial charge is 0.321 e. The van der Waals surface area contributed by atoms with Crippen molar-refractivity contribution in [3.05, 3.63) is 39.9 Å². The fourth-order valence-electron chi connectivity index (χ4n) is 2.67. The number of non-ortho nitro benzene ring substituents is 1. The van der Waals surface area contributed by atoms with E-state index in [1.165, 1.54) is 12.1 Å². The summed E-state index contributed by atoms with van der Waals surface area (Å²) >= 11 is 0. The minimum absolute atomic E-state index is 0.0447. The zero-order chi connectivity index (χ0) is 15.6. The maximum absolute atomic E-state index is 12.6. The van der Waals surface area contributed by atoms with Crippen LogP contribution in [0.1, 0.15) is 45.3 Å². The van der Waals surface area contributed by atoms with E-state index in [0.717, 1.165) is 12.0 Å². The molecule has 6 nitrogen and oxygen atoms in total. The van der Waals surface area contributed by atoms with Crippen molar-refractivity contribution in [1.29, 1.82) is 0 Å². The molecule has 21 heavy (non-hydrogen) atoms. The molecule has 1 fully saturated rings. The van der Waals surface area contributed by atoms with E-state index in [1.807, 2.05) is 26.8 Å². The summed E-state index contributed by atoms with van der Waals surface area (Å²) in [5, 5.41) is 14.3. The zero-order valence-electron chi connectivity index (χ0n) is 12.6. The molecule has 6 heteroatoms. The van der Waals surface area contributed by atoms with E-state index >= 15 is 0 Å². The molecule has 0 spiro atoms. The molecule has 2 unspecified atom stereocenters. The summed E-state index contributed by atoms with van der Waals surface area (Å²) in [6.45, 7) is 6.49. The van der Waals surface area contributed by atoms with Crippen LogP contribution in [0.4, 0.5) is 5.69 Å². The van der Waals surface area contributed by atoms with Gasteiger partial charge in [0.1, 0.15) is 6.17 Å². The van der Waals surface area contributed by atoms with E-state index in [9.17, 15) is 14.9 Å². The first-order valence-electron chi connectivity index (χ1n) is 7.26. The van der Waals surface area contributed by atoms with Gasteiger partial charge in [-0.1, -0.05) is 26.0 Å². The van der Waals surface area contributed by atoms with Crippen LogP contribution in [-0.2, 0) is 4.79 Å². The number of rotatable bonds is 5. The molecule has 0 aromatic heterocycles. The van der Waals surface area contributed by atoms with E-state index in [1.54, 1.807) is 11.0 Å². The molecule has 1 N–H and O–H groups in total. The van der Waals surface area contributed by atoms with Gasteiger partial charge in [0.05, 0.1) is 10.5 Å². The Morgan fingerprint density at radius 2 is 2.14 bits per heavy atom. The lowest BCUT2D eigenvalue weighted by Crippen LogP contribution is -2.43. The highest BCUT2D eigenvalue weighted by molar-refractivity contribution is 5.88. The summed E-state index contributed by atoms with van der Waals surface area (Å²) in [5.74, 6) is 0.0587. The standard InChI is InChI=1S/C15H21N3O3/c1-4-9-17-13(16-15(3,5-2)14(17)19)11-7-6-8-12(10-11)18(20)21/h6-8,10,13,16H,4-5,9H2,1-3H3. The van der Waals surface area contributed by atoms with Gasteiger partial charge in [-0.25, -0.2) is 0 Å². The molecule has 1 aromatic rings. The van der Waals surface area contributed by atoms with Gasteiger partial charge in [-0.05, 0) is 25.3 Å². The first kappa shape index (κ1) is 15.4. The van der Waals surface area contributed by atoms with Crippen molar-refractivity contribution in [2.24, 2.45) is 0 Å². The lowest BCUT2D eigenvalue weighted by atomic mass is 9.99. The molecule has 2 rings (SSSR count). The number of hydrogen-bond acceptors (Lipinski definition) is 4. The van der Waals surface area contributed by atoms with Gasteiger partial charge in [0.2, 0.25) is 5.91 Å². The number of nitrogens with zero attached hydrogens (tertiary/aromatic N) is 2. The van der Waals surface area contributed by atoms with Crippen molar-refractivity contribution in [1.82, 2.24) is 10.2 Å². The SMILES string of the molecule is CCCN1C(=O)C(C)(CC)NC1c1cccc([N+](=O)[O-])c1. The fourth-order valence-corrected chi connectivity index (χ4v) is 2.67. The second kappa shape index (κ2) is 5.81. The average Bonchev–Trinajstić information content (AvgIpc) is 2.73. The van der Waals surface area contributed by atoms with Gasteiger partial charge in [0.15, 0.2) is 0 Å². The Balaban J connectivity index is 2.39. The number of amides is 1. The molecule has 114 valence electrons. The highest BCUT2D eigenvalue weighted by atomic mass is 16.6. The van der Waals surface area contributed by atoms with Crippen molar-refractivity contribution >= 4 is 11.6 Å². The first-order valence-corrected chi connectivity index (χ1v) is 7.26. The summed E-state index contributed by atoms with van der Waals surface area (Å²) in [4.78, 5) is 24.9. The second-order valence-electron chi connectivity index (χ2n) is 5.58. The molecule has 1 aromatic carbocycles. The molecule has 0 bridgehead atoms. The molecule has 1 saturated heterocycles. The Hall–Kier alpha value is -1.95. The van der Waals surface area contributed by atoms with Gasteiger partial charge in [0, 0.05) is 18.7 Å². The van der Waals surface area contributed by atoms with Crippen LogP contribution in [-0.4, -0.2) is 27.8 Å². The molecule has 0 radical (unpaired) electrons.